The van der Waals surface area contributed by atoms with Gasteiger partial charge in [-0.05, 0) is 43.3 Å². The van der Waals surface area contributed by atoms with Gasteiger partial charge < -0.3 is 9.55 Å². The molecule has 9 heteroatoms. The molecule has 31 heavy (non-hydrogen) atoms. The number of halogens is 1. The molecule has 0 radical (unpaired) electrons. The molecule has 5 aromatic rings. The Morgan fingerprint density at radius 1 is 1.13 bits per heavy atom. The zero-order valence-corrected chi connectivity index (χ0v) is 16.9. The summed E-state index contributed by atoms with van der Waals surface area (Å²) in [6.07, 6.45) is 4.86. The Labute approximate surface area is 176 Å². The third-order valence-electron chi connectivity index (χ3n) is 5.19. The minimum Gasteiger partial charge on any atom is -0.342 e. The van der Waals surface area contributed by atoms with Gasteiger partial charge in [0.2, 0.25) is 0 Å². The molecule has 1 aromatic carbocycles. The van der Waals surface area contributed by atoms with E-state index in [2.05, 4.69) is 19.9 Å². The average molecular weight is 415 g/mol. The number of imidazole rings is 3. The second-order valence-corrected chi connectivity index (χ2v) is 7.24. The molecule has 0 amide bonds. The van der Waals surface area contributed by atoms with E-state index in [1.807, 2.05) is 30.7 Å². The number of benzene rings is 1. The number of Topliss-reactive ketones (excluding diaryl/α,β-unsaturated/α-hetero) is 1. The van der Waals surface area contributed by atoms with Crippen LogP contribution in [0.2, 0.25) is 0 Å². The molecule has 4 heterocycles. The standard InChI is InChI=1S/C22H18FN7O/c1-13-26-21(14-3-5-15(23)6-4-14)22(29(13)2)17-7-8-20-27-16(11-30(20)28-17)9-19(31)18-10-24-12-25-18/h3-8,10-12H,9H2,1-2H3,(H,24,25). The van der Waals surface area contributed by atoms with Crippen molar-refractivity contribution in [1.82, 2.24) is 34.1 Å². The van der Waals surface area contributed by atoms with Crippen LogP contribution in [-0.4, -0.2) is 39.9 Å². The van der Waals surface area contributed by atoms with E-state index in [4.69, 9.17) is 5.10 Å². The van der Waals surface area contributed by atoms with Crippen LogP contribution in [0.5, 0.6) is 0 Å². The van der Waals surface area contributed by atoms with Crippen molar-refractivity contribution in [3.8, 4) is 22.6 Å². The first-order valence-corrected chi connectivity index (χ1v) is 9.66. The molecule has 0 aliphatic carbocycles. The normalized spacial score (nSPS) is 11.3. The largest absolute Gasteiger partial charge is 0.342 e. The van der Waals surface area contributed by atoms with Gasteiger partial charge in [-0.1, -0.05) is 0 Å². The van der Waals surface area contributed by atoms with E-state index in [-0.39, 0.29) is 18.0 Å². The summed E-state index contributed by atoms with van der Waals surface area (Å²) in [6.45, 7) is 1.91. The summed E-state index contributed by atoms with van der Waals surface area (Å²) in [4.78, 5) is 28.2. The number of hydrogen-bond donors (Lipinski definition) is 1. The minimum atomic E-state index is -0.298. The summed E-state index contributed by atoms with van der Waals surface area (Å²) in [6, 6.07) is 9.96. The zero-order chi connectivity index (χ0) is 21.5. The number of aryl methyl sites for hydroxylation is 1. The molecule has 0 aliphatic rings. The van der Waals surface area contributed by atoms with Gasteiger partial charge in [0.1, 0.15) is 23.0 Å². The number of rotatable bonds is 5. The van der Waals surface area contributed by atoms with Gasteiger partial charge in [-0.3, -0.25) is 4.79 Å². The molecular weight excluding hydrogens is 397 g/mol. The lowest BCUT2D eigenvalue weighted by Crippen LogP contribution is -2.04. The first-order chi connectivity index (χ1) is 15.0. The number of ketones is 1. The van der Waals surface area contributed by atoms with Gasteiger partial charge in [0.15, 0.2) is 11.4 Å². The summed E-state index contributed by atoms with van der Waals surface area (Å²) in [7, 11) is 1.92. The number of aromatic nitrogens is 7. The molecule has 0 aliphatic heterocycles. The molecule has 4 aromatic heterocycles. The first kappa shape index (κ1) is 18.9. The van der Waals surface area contributed by atoms with E-state index >= 15 is 0 Å². The topological polar surface area (TPSA) is 93.8 Å². The van der Waals surface area contributed by atoms with Crippen LogP contribution in [0.4, 0.5) is 4.39 Å². The highest BCUT2D eigenvalue weighted by Gasteiger charge is 2.19. The van der Waals surface area contributed by atoms with Gasteiger partial charge in [-0.2, -0.15) is 5.10 Å². The van der Waals surface area contributed by atoms with E-state index in [1.54, 1.807) is 22.8 Å². The van der Waals surface area contributed by atoms with Gasteiger partial charge in [0, 0.05) is 12.6 Å². The second kappa shape index (κ2) is 7.28. The number of H-pyrrole nitrogens is 1. The van der Waals surface area contributed by atoms with Crippen LogP contribution < -0.4 is 0 Å². The zero-order valence-electron chi connectivity index (χ0n) is 16.9. The fourth-order valence-electron chi connectivity index (χ4n) is 3.52. The van der Waals surface area contributed by atoms with Gasteiger partial charge in [-0.25, -0.2) is 23.9 Å². The highest BCUT2D eigenvalue weighted by atomic mass is 19.1. The lowest BCUT2D eigenvalue weighted by Gasteiger charge is -2.07. The van der Waals surface area contributed by atoms with Crippen LogP contribution in [0.3, 0.4) is 0 Å². The summed E-state index contributed by atoms with van der Waals surface area (Å²) < 4.78 is 17.0. The van der Waals surface area contributed by atoms with E-state index < -0.39 is 0 Å². The number of fused-ring (bicyclic) bond motifs is 1. The van der Waals surface area contributed by atoms with Gasteiger partial charge in [-0.15, -0.1) is 0 Å². The Balaban J connectivity index is 1.54. The SMILES string of the molecule is Cc1nc(-c2ccc(F)cc2)c(-c2ccc3nc(CC(=O)c4cnc[nH]4)cn3n2)n1C. The monoisotopic (exact) mass is 415 g/mol. The maximum absolute atomic E-state index is 13.4. The maximum Gasteiger partial charge on any atom is 0.186 e. The second-order valence-electron chi connectivity index (χ2n) is 7.24. The Kier molecular flexibility index (Phi) is 4.43. The number of carbonyl (C=O) groups excluding carboxylic acids is 1. The molecule has 5 rings (SSSR count). The van der Waals surface area contributed by atoms with Gasteiger partial charge in [0.05, 0.1) is 42.2 Å². The Bertz CT molecular complexity index is 1400. The molecule has 0 bridgehead atoms. The van der Waals surface area contributed by atoms with Crippen molar-refractivity contribution in [2.24, 2.45) is 7.05 Å². The molecule has 0 spiro atoms. The predicted octanol–water partition coefficient (Wildman–Crippen LogP) is 3.39. The van der Waals surface area contributed by atoms with Crippen LogP contribution in [0.1, 0.15) is 22.0 Å². The van der Waals surface area contributed by atoms with E-state index in [9.17, 15) is 9.18 Å². The fraction of sp³-hybridized carbons (Fsp3) is 0.136. The van der Waals surface area contributed by atoms with E-state index in [0.29, 0.717) is 22.7 Å². The van der Waals surface area contributed by atoms with E-state index in [1.165, 1.54) is 24.7 Å². The van der Waals surface area contributed by atoms with Crippen molar-refractivity contribution in [2.45, 2.75) is 13.3 Å². The van der Waals surface area contributed by atoms with Crippen LogP contribution >= 0.6 is 0 Å². The molecular formula is C22H18FN7O. The number of nitrogens with one attached hydrogen (secondary N) is 1. The molecule has 0 atom stereocenters. The highest BCUT2D eigenvalue weighted by molar-refractivity contribution is 5.95. The number of carbonyl (C=O) groups is 1. The van der Waals surface area contributed by atoms with Crippen LogP contribution in [0.15, 0.2) is 55.1 Å². The van der Waals surface area contributed by atoms with Gasteiger partial charge >= 0.3 is 0 Å². The quantitative estimate of drug-likeness (QED) is 0.444. The average Bonchev–Trinajstić information content (AvgIpc) is 3.48. The Morgan fingerprint density at radius 3 is 2.68 bits per heavy atom. The van der Waals surface area contributed by atoms with Crippen molar-refractivity contribution in [3.05, 3.63) is 78.1 Å². The lowest BCUT2D eigenvalue weighted by molar-refractivity contribution is 0.0988. The number of aromatic amines is 1. The molecule has 8 nitrogen and oxygen atoms in total. The smallest absolute Gasteiger partial charge is 0.186 e. The van der Waals surface area contributed by atoms with Crippen LogP contribution in [0.25, 0.3) is 28.3 Å². The summed E-state index contributed by atoms with van der Waals surface area (Å²) in [5, 5.41) is 4.70. The minimum absolute atomic E-state index is 0.0954. The first-order valence-electron chi connectivity index (χ1n) is 9.66. The maximum atomic E-state index is 13.4. The molecule has 1 N–H and O–H groups in total. The Hall–Kier alpha value is -4.14. The Morgan fingerprint density at radius 2 is 1.94 bits per heavy atom. The van der Waals surface area contributed by atoms with Crippen molar-refractivity contribution in [3.63, 3.8) is 0 Å². The third kappa shape index (κ3) is 3.39. The predicted molar refractivity (Wildman–Crippen MR) is 112 cm³/mol. The van der Waals surface area contributed by atoms with Crippen molar-refractivity contribution in [1.29, 1.82) is 0 Å². The molecule has 0 saturated carbocycles. The van der Waals surface area contributed by atoms with Crippen LogP contribution in [0, 0.1) is 12.7 Å². The third-order valence-corrected chi connectivity index (χ3v) is 5.19. The molecule has 0 fully saturated rings. The van der Waals surface area contributed by atoms with E-state index in [0.717, 1.165) is 22.8 Å². The van der Waals surface area contributed by atoms with Crippen molar-refractivity contribution >= 4 is 11.4 Å². The summed E-state index contributed by atoms with van der Waals surface area (Å²) in [5.74, 6) is 0.419. The molecule has 0 unspecified atom stereocenters. The number of hydrogen-bond acceptors (Lipinski definition) is 5. The van der Waals surface area contributed by atoms with Crippen molar-refractivity contribution in [2.75, 3.05) is 0 Å². The van der Waals surface area contributed by atoms with Gasteiger partial charge in [0.25, 0.3) is 0 Å². The number of nitrogens with zero attached hydrogens (tertiary/aromatic N) is 6. The van der Waals surface area contributed by atoms with Crippen molar-refractivity contribution < 1.29 is 9.18 Å². The summed E-state index contributed by atoms with van der Waals surface area (Å²) >= 11 is 0. The molecule has 154 valence electrons. The summed E-state index contributed by atoms with van der Waals surface area (Å²) in [5.41, 5.74) is 4.73. The lowest BCUT2D eigenvalue weighted by atomic mass is 10.1. The molecule has 0 saturated heterocycles. The van der Waals surface area contributed by atoms with Crippen LogP contribution in [-0.2, 0) is 13.5 Å². The fourth-order valence-corrected chi connectivity index (χ4v) is 3.52. The highest BCUT2D eigenvalue weighted by Crippen LogP contribution is 2.31.